The maximum Gasteiger partial charge on any atom is 0.213 e. The lowest BCUT2D eigenvalue weighted by Crippen LogP contribution is -2.04. The van der Waals surface area contributed by atoms with E-state index < -0.39 is 0 Å². The van der Waals surface area contributed by atoms with Gasteiger partial charge in [0.05, 0.1) is 5.69 Å². The molecule has 0 aliphatic rings. The first-order valence-electron chi connectivity index (χ1n) is 7.87. The molecule has 4 aromatic rings. The minimum Gasteiger partial charge on any atom is -0.360 e. The van der Waals surface area contributed by atoms with Crippen molar-refractivity contribution in [2.45, 2.75) is 6.92 Å². The predicted molar refractivity (Wildman–Crippen MR) is 96.1 cm³/mol. The van der Waals surface area contributed by atoms with E-state index in [2.05, 4.69) is 16.0 Å². The van der Waals surface area contributed by atoms with Gasteiger partial charge in [-0.1, -0.05) is 48.0 Å². The molecule has 4 rings (SSSR count). The number of rotatable bonds is 3. The highest BCUT2D eigenvalue weighted by atomic mass is 16.1. The highest BCUT2D eigenvalue weighted by molar-refractivity contribution is 6.15. The van der Waals surface area contributed by atoms with E-state index in [-0.39, 0.29) is 5.78 Å². The topological polar surface area (TPSA) is 45.8 Å². The van der Waals surface area contributed by atoms with Gasteiger partial charge < -0.3 is 4.98 Å². The molecule has 2 aromatic heterocycles. The van der Waals surface area contributed by atoms with Crippen LogP contribution in [0.15, 0.2) is 72.9 Å². The molecule has 0 aliphatic carbocycles. The summed E-state index contributed by atoms with van der Waals surface area (Å²) in [6, 6.07) is 21.5. The number of para-hydroxylation sites is 1. The second-order valence-electron chi connectivity index (χ2n) is 5.85. The zero-order chi connectivity index (χ0) is 16.5. The summed E-state index contributed by atoms with van der Waals surface area (Å²) in [4.78, 5) is 20.6. The molecule has 0 saturated carbocycles. The minimum atomic E-state index is -0.0676. The van der Waals surface area contributed by atoms with Gasteiger partial charge in [-0.15, -0.1) is 0 Å². The van der Waals surface area contributed by atoms with Crippen molar-refractivity contribution in [3.05, 3.63) is 89.7 Å². The molecule has 1 N–H and O–H groups in total. The zero-order valence-electron chi connectivity index (χ0n) is 13.3. The molecule has 116 valence electrons. The number of fused-ring (bicyclic) bond motifs is 1. The summed E-state index contributed by atoms with van der Waals surface area (Å²) in [7, 11) is 0. The number of nitrogens with zero attached hydrogens (tertiary/aromatic N) is 1. The van der Waals surface area contributed by atoms with Gasteiger partial charge in [0.15, 0.2) is 0 Å². The Balaban J connectivity index is 1.77. The Morgan fingerprint density at radius 3 is 2.67 bits per heavy atom. The smallest absolute Gasteiger partial charge is 0.213 e. The lowest BCUT2D eigenvalue weighted by atomic mass is 10.0. The zero-order valence-corrected chi connectivity index (χ0v) is 13.3. The first-order valence-corrected chi connectivity index (χ1v) is 7.87. The molecular formula is C21H16N2O. The summed E-state index contributed by atoms with van der Waals surface area (Å²) in [6.07, 6.45) is 1.76. The van der Waals surface area contributed by atoms with Crippen LogP contribution in [0.1, 0.15) is 21.6 Å². The number of nitrogens with one attached hydrogen (secondary N) is 1. The summed E-state index contributed by atoms with van der Waals surface area (Å²) < 4.78 is 0. The van der Waals surface area contributed by atoms with Crippen molar-refractivity contribution in [1.29, 1.82) is 0 Å². The maximum atomic E-state index is 12.9. The highest BCUT2D eigenvalue weighted by Crippen LogP contribution is 2.22. The molecule has 0 radical (unpaired) electrons. The number of aromatic nitrogens is 2. The Labute approximate surface area is 140 Å². The van der Waals surface area contributed by atoms with E-state index >= 15 is 0 Å². The van der Waals surface area contributed by atoms with Crippen molar-refractivity contribution in [2.75, 3.05) is 0 Å². The number of aromatic amines is 1. The van der Waals surface area contributed by atoms with Crippen LogP contribution >= 0.6 is 0 Å². The fourth-order valence-electron chi connectivity index (χ4n) is 2.92. The van der Waals surface area contributed by atoms with Crippen molar-refractivity contribution >= 4 is 16.7 Å². The molecule has 0 atom stereocenters. The first kappa shape index (κ1) is 14.4. The Bertz CT molecular complexity index is 1050. The summed E-state index contributed by atoms with van der Waals surface area (Å²) in [5, 5.41) is 0.922. The molecule has 2 heterocycles. The number of hydrogen-bond donors (Lipinski definition) is 1. The molecule has 0 saturated heterocycles. The molecular weight excluding hydrogens is 296 g/mol. The molecule has 3 nitrogen and oxygen atoms in total. The number of hydrogen-bond acceptors (Lipinski definition) is 2. The van der Waals surface area contributed by atoms with Crippen molar-refractivity contribution in [2.24, 2.45) is 0 Å². The van der Waals surface area contributed by atoms with Crippen molar-refractivity contribution in [3.63, 3.8) is 0 Å². The van der Waals surface area contributed by atoms with Gasteiger partial charge in [-0.05, 0) is 31.2 Å². The predicted octanol–water partition coefficient (Wildman–Crippen LogP) is 4.77. The SMILES string of the molecule is Cc1cccc(-c2cccc(C(=O)c3c[nH]c4ccccc34)n2)c1. The summed E-state index contributed by atoms with van der Waals surface area (Å²) in [5.74, 6) is -0.0676. The van der Waals surface area contributed by atoms with Crippen molar-refractivity contribution in [1.82, 2.24) is 9.97 Å². The van der Waals surface area contributed by atoms with Crippen molar-refractivity contribution < 1.29 is 4.79 Å². The monoisotopic (exact) mass is 312 g/mol. The third-order valence-electron chi connectivity index (χ3n) is 4.13. The lowest BCUT2D eigenvalue weighted by molar-refractivity contribution is 0.103. The Hall–Kier alpha value is -3.20. The number of carbonyl (C=O) groups is 1. The highest BCUT2D eigenvalue weighted by Gasteiger charge is 2.15. The molecule has 0 fully saturated rings. The number of H-pyrrole nitrogens is 1. The summed E-state index contributed by atoms with van der Waals surface area (Å²) >= 11 is 0. The lowest BCUT2D eigenvalue weighted by Gasteiger charge is -2.05. The molecule has 0 spiro atoms. The Morgan fingerprint density at radius 2 is 1.79 bits per heavy atom. The number of carbonyl (C=O) groups excluding carboxylic acids is 1. The van der Waals surface area contributed by atoms with Gasteiger partial charge in [0.2, 0.25) is 5.78 Å². The van der Waals surface area contributed by atoms with E-state index in [9.17, 15) is 4.79 Å². The van der Waals surface area contributed by atoms with E-state index in [4.69, 9.17) is 0 Å². The summed E-state index contributed by atoms with van der Waals surface area (Å²) in [5.41, 5.74) is 5.06. The molecule has 0 amide bonds. The third kappa shape index (κ3) is 2.50. The van der Waals surface area contributed by atoms with Crippen LogP contribution < -0.4 is 0 Å². The fourth-order valence-corrected chi connectivity index (χ4v) is 2.92. The standard InChI is InChI=1S/C21H16N2O/c1-14-6-4-7-15(12-14)18-10-5-11-20(23-18)21(24)17-13-22-19-9-3-2-8-16(17)19/h2-13,22H,1H3. The normalized spacial score (nSPS) is 10.9. The molecule has 0 unspecified atom stereocenters. The van der Waals surface area contributed by atoms with Crippen LogP contribution in [0.2, 0.25) is 0 Å². The van der Waals surface area contributed by atoms with Gasteiger partial charge in [0.1, 0.15) is 5.69 Å². The van der Waals surface area contributed by atoms with Gasteiger partial charge >= 0.3 is 0 Å². The van der Waals surface area contributed by atoms with Crippen LogP contribution in [0, 0.1) is 6.92 Å². The van der Waals surface area contributed by atoms with Crippen LogP contribution in [0.25, 0.3) is 22.2 Å². The van der Waals surface area contributed by atoms with E-state index in [1.165, 1.54) is 5.56 Å². The second kappa shape index (κ2) is 5.78. The van der Waals surface area contributed by atoms with Gasteiger partial charge in [0.25, 0.3) is 0 Å². The van der Waals surface area contributed by atoms with E-state index in [0.29, 0.717) is 11.3 Å². The van der Waals surface area contributed by atoms with E-state index in [1.54, 1.807) is 12.3 Å². The quantitative estimate of drug-likeness (QED) is 0.554. The van der Waals surface area contributed by atoms with Gasteiger partial charge in [-0.3, -0.25) is 4.79 Å². The number of aryl methyl sites for hydroxylation is 1. The first-order chi connectivity index (χ1) is 11.7. The van der Waals surface area contributed by atoms with E-state index in [1.807, 2.05) is 61.5 Å². The average molecular weight is 312 g/mol. The van der Waals surface area contributed by atoms with Gasteiger partial charge in [-0.25, -0.2) is 4.98 Å². The Kier molecular flexibility index (Phi) is 3.47. The average Bonchev–Trinajstić information content (AvgIpc) is 3.05. The summed E-state index contributed by atoms with van der Waals surface area (Å²) in [6.45, 7) is 2.05. The van der Waals surface area contributed by atoms with Crippen LogP contribution in [0.5, 0.6) is 0 Å². The molecule has 2 aromatic carbocycles. The second-order valence-corrected chi connectivity index (χ2v) is 5.85. The largest absolute Gasteiger partial charge is 0.360 e. The van der Waals surface area contributed by atoms with Crippen LogP contribution in [-0.2, 0) is 0 Å². The van der Waals surface area contributed by atoms with Gasteiger partial charge in [0, 0.05) is 28.2 Å². The van der Waals surface area contributed by atoms with Crippen LogP contribution in [0.3, 0.4) is 0 Å². The minimum absolute atomic E-state index is 0.0676. The number of benzene rings is 2. The number of ketones is 1. The number of pyridine rings is 1. The molecule has 3 heteroatoms. The van der Waals surface area contributed by atoms with Crippen LogP contribution in [0.4, 0.5) is 0 Å². The molecule has 0 aliphatic heterocycles. The third-order valence-corrected chi connectivity index (χ3v) is 4.13. The van der Waals surface area contributed by atoms with Crippen LogP contribution in [-0.4, -0.2) is 15.8 Å². The van der Waals surface area contributed by atoms with Gasteiger partial charge in [-0.2, -0.15) is 0 Å². The Morgan fingerprint density at radius 1 is 0.958 bits per heavy atom. The maximum absolute atomic E-state index is 12.9. The van der Waals surface area contributed by atoms with Crippen molar-refractivity contribution in [3.8, 4) is 11.3 Å². The molecule has 0 bridgehead atoms. The molecule has 24 heavy (non-hydrogen) atoms. The fraction of sp³-hybridized carbons (Fsp3) is 0.0476. The van der Waals surface area contributed by atoms with E-state index in [0.717, 1.165) is 22.2 Å².